The second-order valence-corrected chi connectivity index (χ2v) is 3.08. The highest BCUT2D eigenvalue weighted by atomic mass is 16.1. The quantitative estimate of drug-likeness (QED) is 0.715. The van der Waals surface area contributed by atoms with Crippen molar-refractivity contribution in [1.29, 1.82) is 0 Å². The number of hydrogen-bond donors (Lipinski definition) is 1. The summed E-state index contributed by atoms with van der Waals surface area (Å²) in [5, 5.41) is 3.11. The summed E-state index contributed by atoms with van der Waals surface area (Å²) in [4.78, 5) is 11.3. The van der Waals surface area contributed by atoms with E-state index in [0.29, 0.717) is 0 Å². The summed E-state index contributed by atoms with van der Waals surface area (Å²) in [6.45, 7) is 3.65. The molecule has 1 unspecified atom stereocenters. The highest BCUT2D eigenvalue weighted by Gasteiger charge is 2.15. The van der Waals surface area contributed by atoms with Crippen LogP contribution in [0.2, 0.25) is 0 Å². The summed E-state index contributed by atoms with van der Waals surface area (Å²) in [7, 11) is 0. The van der Waals surface area contributed by atoms with Gasteiger partial charge in [-0.1, -0.05) is 19.1 Å². The van der Waals surface area contributed by atoms with E-state index >= 15 is 0 Å². The lowest BCUT2D eigenvalue weighted by Gasteiger charge is -2.14. The Morgan fingerprint density at radius 2 is 2.23 bits per heavy atom. The molecule has 0 bridgehead atoms. The third-order valence-electron chi connectivity index (χ3n) is 2.12. The van der Waals surface area contributed by atoms with Gasteiger partial charge in [0, 0.05) is 11.9 Å². The fourth-order valence-electron chi connectivity index (χ4n) is 1.41. The molecule has 70 valence electrons. The molecule has 1 aliphatic heterocycles. The molecule has 0 spiro atoms. The molecule has 0 saturated carbocycles. The van der Waals surface area contributed by atoms with Gasteiger partial charge in [-0.25, -0.2) is 0 Å². The average Bonchev–Trinajstić information content (AvgIpc) is 2.33. The van der Waals surface area contributed by atoms with E-state index in [0.717, 1.165) is 12.1 Å². The SMILES string of the molecule is CCC(C(C)=O)C1=CC=CC=CN1. The minimum absolute atomic E-state index is 0.00685. The minimum Gasteiger partial charge on any atom is -0.364 e. The highest BCUT2D eigenvalue weighted by Crippen LogP contribution is 2.14. The molecule has 0 amide bonds. The molecule has 2 nitrogen and oxygen atoms in total. The van der Waals surface area contributed by atoms with E-state index in [-0.39, 0.29) is 11.7 Å². The molecule has 0 fully saturated rings. The van der Waals surface area contributed by atoms with Crippen LogP contribution in [0.5, 0.6) is 0 Å². The van der Waals surface area contributed by atoms with Gasteiger partial charge in [-0.15, -0.1) is 0 Å². The van der Waals surface area contributed by atoms with Gasteiger partial charge in [-0.05, 0) is 25.5 Å². The van der Waals surface area contributed by atoms with Crippen LogP contribution in [-0.2, 0) is 4.79 Å². The smallest absolute Gasteiger partial charge is 0.138 e. The summed E-state index contributed by atoms with van der Waals surface area (Å²) in [5.74, 6) is 0.220. The Labute approximate surface area is 79.0 Å². The van der Waals surface area contributed by atoms with Gasteiger partial charge < -0.3 is 5.32 Å². The molecule has 1 heterocycles. The summed E-state index contributed by atoms with van der Waals surface area (Å²) >= 11 is 0. The molecule has 1 atom stereocenters. The number of rotatable bonds is 3. The number of carbonyl (C=O) groups excluding carboxylic acids is 1. The first-order chi connectivity index (χ1) is 6.25. The summed E-state index contributed by atoms with van der Waals surface area (Å²) in [6.07, 6.45) is 10.4. The number of Topliss-reactive ketones (excluding diaryl/α,β-unsaturated/α-hetero) is 1. The first-order valence-electron chi connectivity index (χ1n) is 4.56. The summed E-state index contributed by atoms with van der Waals surface area (Å²) in [5.41, 5.74) is 0.986. The first kappa shape index (κ1) is 9.78. The molecule has 0 aromatic carbocycles. The van der Waals surface area contributed by atoms with Crippen LogP contribution < -0.4 is 5.32 Å². The molecule has 0 saturated heterocycles. The summed E-state index contributed by atoms with van der Waals surface area (Å²) in [6, 6.07) is 0. The van der Waals surface area contributed by atoms with Gasteiger partial charge in [0.05, 0.1) is 5.92 Å². The molecule has 0 aromatic heterocycles. The molecule has 1 aliphatic rings. The third-order valence-corrected chi connectivity index (χ3v) is 2.12. The molecule has 2 heteroatoms. The summed E-state index contributed by atoms with van der Waals surface area (Å²) < 4.78 is 0. The molecular weight excluding hydrogens is 162 g/mol. The van der Waals surface area contributed by atoms with Crippen LogP contribution in [0.4, 0.5) is 0 Å². The predicted molar refractivity (Wildman–Crippen MR) is 54.0 cm³/mol. The Bertz CT molecular complexity index is 274. The van der Waals surface area contributed by atoms with Crippen molar-refractivity contribution in [1.82, 2.24) is 5.32 Å². The Balaban J connectivity index is 2.79. The lowest BCUT2D eigenvalue weighted by atomic mass is 9.98. The van der Waals surface area contributed by atoms with Gasteiger partial charge in [0.15, 0.2) is 0 Å². The van der Waals surface area contributed by atoms with Gasteiger partial charge in [0.25, 0.3) is 0 Å². The van der Waals surface area contributed by atoms with Crippen molar-refractivity contribution in [3.05, 3.63) is 36.2 Å². The van der Waals surface area contributed by atoms with Gasteiger partial charge in [0.1, 0.15) is 5.78 Å². The van der Waals surface area contributed by atoms with Crippen molar-refractivity contribution >= 4 is 5.78 Å². The number of hydrogen-bond acceptors (Lipinski definition) is 2. The molecular formula is C11H15NO. The van der Waals surface area contributed by atoms with E-state index < -0.39 is 0 Å². The normalized spacial score (nSPS) is 17.2. The zero-order valence-corrected chi connectivity index (χ0v) is 8.08. The van der Waals surface area contributed by atoms with Gasteiger partial charge >= 0.3 is 0 Å². The predicted octanol–water partition coefficient (Wildman–Crippen LogP) is 2.16. The van der Waals surface area contributed by atoms with Crippen molar-refractivity contribution in [2.45, 2.75) is 20.3 Å². The molecule has 1 rings (SSSR count). The van der Waals surface area contributed by atoms with Crippen molar-refractivity contribution in [2.75, 3.05) is 0 Å². The molecule has 13 heavy (non-hydrogen) atoms. The van der Waals surface area contributed by atoms with Crippen LogP contribution in [0.3, 0.4) is 0 Å². The second kappa shape index (κ2) is 4.65. The van der Waals surface area contributed by atoms with E-state index in [1.165, 1.54) is 0 Å². The fraction of sp³-hybridized carbons (Fsp3) is 0.364. The lowest BCUT2D eigenvalue weighted by molar-refractivity contribution is -0.119. The van der Waals surface area contributed by atoms with E-state index in [1.54, 1.807) is 6.92 Å². The first-order valence-corrected chi connectivity index (χ1v) is 4.56. The van der Waals surface area contributed by atoms with Crippen molar-refractivity contribution in [3.63, 3.8) is 0 Å². The van der Waals surface area contributed by atoms with Crippen LogP contribution in [0.25, 0.3) is 0 Å². The Morgan fingerprint density at radius 1 is 1.46 bits per heavy atom. The minimum atomic E-state index is 0.00685. The van der Waals surface area contributed by atoms with E-state index in [4.69, 9.17) is 0 Å². The standard InChI is InChI=1S/C11H15NO/c1-3-10(9(2)13)11-7-5-4-6-8-12-11/h4-8,10,12H,3H2,1-2H3. The van der Waals surface area contributed by atoms with Crippen LogP contribution in [0, 0.1) is 5.92 Å². The topological polar surface area (TPSA) is 29.1 Å². The average molecular weight is 177 g/mol. The maximum absolute atomic E-state index is 11.3. The maximum Gasteiger partial charge on any atom is 0.138 e. The maximum atomic E-state index is 11.3. The Kier molecular flexibility index (Phi) is 3.50. The van der Waals surface area contributed by atoms with Crippen molar-refractivity contribution in [3.8, 4) is 0 Å². The second-order valence-electron chi connectivity index (χ2n) is 3.08. The third kappa shape index (κ3) is 2.58. The van der Waals surface area contributed by atoms with Crippen LogP contribution >= 0.6 is 0 Å². The van der Waals surface area contributed by atoms with Crippen molar-refractivity contribution in [2.24, 2.45) is 5.92 Å². The van der Waals surface area contributed by atoms with Crippen molar-refractivity contribution < 1.29 is 4.79 Å². The fourth-order valence-corrected chi connectivity index (χ4v) is 1.41. The zero-order valence-electron chi connectivity index (χ0n) is 8.08. The number of allylic oxidation sites excluding steroid dienone is 5. The Hall–Kier alpha value is -1.31. The lowest BCUT2D eigenvalue weighted by Crippen LogP contribution is -2.20. The van der Waals surface area contributed by atoms with E-state index in [2.05, 4.69) is 5.32 Å². The van der Waals surface area contributed by atoms with Gasteiger partial charge in [-0.3, -0.25) is 4.79 Å². The number of carbonyl (C=O) groups is 1. The van der Waals surface area contributed by atoms with Crippen LogP contribution in [0.15, 0.2) is 36.2 Å². The number of nitrogens with one attached hydrogen (secondary N) is 1. The highest BCUT2D eigenvalue weighted by molar-refractivity contribution is 5.81. The van der Waals surface area contributed by atoms with Crippen LogP contribution in [0.1, 0.15) is 20.3 Å². The Morgan fingerprint density at radius 3 is 2.85 bits per heavy atom. The van der Waals surface area contributed by atoms with E-state index in [9.17, 15) is 4.79 Å². The van der Waals surface area contributed by atoms with Gasteiger partial charge in [0.2, 0.25) is 0 Å². The molecule has 0 aromatic rings. The molecule has 0 radical (unpaired) electrons. The number of ketones is 1. The largest absolute Gasteiger partial charge is 0.364 e. The molecule has 0 aliphatic carbocycles. The monoisotopic (exact) mass is 177 g/mol. The van der Waals surface area contributed by atoms with Gasteiger partial charge in [-0.2, -0.15) is 0 Å². The van der Waals surface area contributed by atoms with Crippen LogP contribution in [-0.4, -0.2) is 5.78 Å². The molecule has 1 N–H and O–H groups in total. The van der Waals surface area contributed by atoms with E-state index in [1.807, 2.05) is 37.4 Å². The zero-order chi connectivity index (χ0) is 9.68.